The van der Waals surface area contributed by atoms with Crippen LogP contribution in [0.3, 0.4) is 0 Å². The molecule has 1 saturated carbocycles. The highest BCUT2D eigenvalue weighted by molar-refractivity contribution is 5.78. The van der Waals surface area contributed by atoms with Crippen molar-refractivity contribution >= 4 is 11.9 Å². The van der Waals surface area contributed by atoms with E-state index >= 15 is 0 Å². The molecular weight excluding hydrogens is 348 g/mol. The van der Waals surface area contributed by atoms with Crippen LogP contribution in [0, 0.1) is 5.92 Å². The molecule has 6 N–H and O–H groups in total. The monoisotopic (exact) mass is 374 g/mol. The number of nitrogens with one attached hydrogen (secondary N) is 1. The summed E-state index contributed by atoms with van der Waals surface area (Å²) in [6, 6.07) is -1.41. The molecule has 0 heterocycles. The minimum Gasteiger partial charge on any atom is -0.481 e. The van der Waals surface area contributed by atoms with Gasteiger partial charge in [0.15, 0.2) is 0 Å². The fourth-order valence-electron chi connectivity index (χ4n) is 3.03. The molecule has 11 heteroatoms. The molecule has 0 bridgehead atoms. The third-order valence-electron chi connectivity index (χ3n) is 4.51. The van der Waals surface area contributed by atoms with Crippen LogP contribution in [0.25, 0.3) is 10.4 Å². The first-order valence-electron chi connectivity index (χ1n) is 8.56. The van der Waals surface area contributed by atoms with Gasteiger partial charge in [-0.25, -0.2) is 0 Å². The predicted molar refractivity (Wildman–Crippen MR) is 88.8 cm³/mol. The molecule has 1 amide bonds. The van der Waals surface area contributed by atoms with E-state index in [1.807, 2.05) is 0 Å². The van der Waals surface area contributed by atoms with Crippen molar-refractivity contribution in [3.05, 3.63) is 10.4 Å². The number of aliphatic hydroxyl groups excluding tert-OH is 4. The van der Waals surface area contributed by atoms with Crippen molar-refractivity contribution < 1.29 is 35.1 Å². The van der Waals surface area contributed by atoms with Crippen LogP contribution in [-0.2, 0) is 9.59 Å². The van der Waals surface area contributed by atoms with Gasteiger partial charge in [0.05, 0.1) is 12.1 Å². The Morgan fingerprint density at radius 2 is 1.50 bits per heavy atom. The topological polar surface area (TPSA) is 196 Å². The Hall–Kier alpha value is -1.91. The van der Waals surface area contributed by atoms with Gasteiger partial charge >= 0.3 is 5.97 Å². The Labute approximate surface area is 150 Å². The zero-order chi connectivity index (χ0) is 19.7. The van der Waals surface area contributed by atoms with Gasteiger partial charge in [-0.1, -0.05) is 24.4 Å². The molecule has 1 aliphatic carbocycles. The van der Waals surface area contributed by atoms with Gasteiger partial charge in [0.1, 0.15) is 24.2 Å². The maximum Gasteiger partial charge on any atom is 0.311 e. The normalized spacial score (nSPS) is 31.1. The van der Waals surface area contributed by atoms with Gasteiger partial charge in [-0.2, -0.15) is 0 Å². The lowest BCUT2D eigenvalue weighted by molar-refractivity contribution is -0.187. The molecule has 6 atom stereocenters. The molecule has 1 aliphatic rings. The van der Waals surface area contributed by atoms with E-state index in [9.17, 15) is 35.1 Å². The quantitative estimate of drug-likeness (QED) is 0.125. The second-order valence-electron chi connectivity index (χ2n) is 6.39. The largest absolute Gasteiger partial charge is 0.481 e. The predicted octanol–water partition coefficient (Wildman–Crippen LogP) is -0.720. The number of hydrogen-bond acceptors (Lipinski definition) is 7. The van der Waals surface area contributed by atoms with E-state index in [1.54, 1.807) is 0 Å². The molecule has 11 nitrogen and oxygen atoms in total. The summed E-state index contributed by atoms with van der Waals surface area (Å²) in [4.78, 5) is 26.0. The number of aliphatic hydroxyl groups is 4. The zero-order valence-electron chi connectivity index (χ0n) is 14.3. The first-order valence-corrected chi connectivity index (χ1v) is 8.56. The second kappa shape index (κ2) is 10.9. The van der Waals surface area contributed by atoms with Crippen LogP contribution >= 0.6 is 0 Å². The Morgan fingerprint density at radius 1 is 0.923 bits per heavy atom. The molecular formula is C15H26N4O7. The Bertz CT molecular complexity index is 526. The summed E-state index contributed by atoms with van der Waals surface area (Å²) in [5.74, 6) is -3.63. The van der Waals surface area contributed by atoms with Gasteiger partial charge < -0.3 is 30.8 Å². The molecule has 0 aromatic heterocycles. The molecule has 0 saturated heterocycles. The highest BCUT2D eigenvalue weighted by atomic mass is 16.4. The van der Waals surface area contributed by atoms with E-state index in [1.165, 1.54) is 0 Å². The summed E-state index contributed by atoms with van der Waals surface area (Å²) in [6.45, 7) is 0.434. The highest BCUT2D eigenvalue weighted by Crippen LogP contribution is 2.27. The van der Waals surface area contributed by atoms with Crippen LogP contribution in [-0.4, -0.2) is 74.4 Å². The number of unbranched alkanes of at least 4 members (excludes halogenated alkanes) is 4. The molecule has 0 aliphatic heterocycles. The van der Waals surface area contributed by atoms with E-state index in [4.69, 9.17) is 5.53 Å². The summed E-state index contributed by atoms with van der Waals surface area (Å²) < 4.78 is 0. The van der Waals surface area contributed by atoms with Gasteiger partial charge in [-0.15, -0.1) is 0 Å². The van der Waals surface area contributed by atoms with Crippen LogP contribution in [0.1, 0.15) is 38.5 Å². The molecule has 0 aromatic carbocycles. The zero-order valence-corrected chi connectivity index (χ0v) is 14.3. The van der Waals surface area contributed by atoms with Crippen molar-refractivity contribution in [3.63, 3.8) is 0 Å². The molecule has 0 spiro atoms. The lowest BCUT2D eigenvalue weighted by Gasteiger charge is -2.42. The molecule has 1 fully saturated rings. The Kier molecular flexibility index (Phi) is 9.31. The van der Waals surface area contributed by atoms with E-state index in [0.717, 1.165) is 25.7 Å². The number of carbonyl (C=O) groups is 2. The van der Waals surface area contributed by atoms with Crippen LogP contribution in [0.4, 0.5) is 0 Å². The van der Waals surface area contributed by atoms with Crippen LogP contribution in [0.5, 0.6) is 0 Å². The molecule has 0 radical (unpaired) electrons. The maximum atomic E-state index is 12.0. The number of rotatable bonds is 10. The molecule has 148 valence electrons. The third-order valence-corrected chi connectivity index (χ3v) is 4.51. The van der Waals surface area contributed by atoms with Crippen LogP contribution in [0.15, 0.2) is 5.11 Å². The second-order valence-corrected chi connectivity index (χ2v) is 6.39. The smallest absolute Gasteiger partial charge is 0.311 e. The lowest BCUT2D eigenvalue weighted by atomic mass is 9.76. The number of carboxylic acid groups (broad SMARTS) is 1. The summed E-state index contributed by atoms with van der Waals surface area (Å²) in [6.07, 6.45) is -3.23. The van der Waals surface area contributed by atoms with E-state index in [2.05, 4.69) is 15.3 Å². The first kappa shape index (κ1) is 22.1. The Balaban J connectivity index is 2.45. The Morgan fingerprint density at radius 3 is 2.12 bits per heavy atom. The number of carbonyl (C=O) groups excluding carboxylic acids is 1. The van der Waals surface area contributed by atoms with Crippen molar-refractivity contribution in [1.82, 2.24) is 5.32 Å². The minimum absolute atomic E-state index is 0.0979. The number of azide groups is 1. The molecule has 0 aromatic rings. The summed E-state index contributed by atoms with van der Waals surface area (Å²) in [5, 5.41) is 54.1. The number of aliphatic carboxylic acids is 1. The third kappa shape index (κ3) is 6.11. The number of nitrogens with zero attached hydrogens (tertiary/aromatic N) is 3. The summed E-state index contributed by atoms with van der Waals surface area (Å²) in [5.41, 5.74) is 8.14. The van der Waals surface area contributed by atoms with Gasteiger partial charge in [-0.05, 0) is 18.4 Å². The van der Waals surface area contributed by atoms with Crippen molar-refractivity contribution in [1.29, 1.82) is 0 Å². The number of amides is 1. The van der Waals surface area contributed by atoms with Crippen molar-refractivity contribution in [2.24, 2.45) is 11.0 Å². The van der Waals surface area contributed by atoms with Gasteiger partial charge in [-0.3, -0.25) is 9.59 Å². The van der Waals surface area contributed by atoms with Gasteiger partial charge in [0, 0.05) is 17.9 Å². The van der Waals surface area contributed by atoms with E-state index < -0.39 is 48.3 Å². The standard InChI is InChI=1S/C15H26N4O7/c16-19-17-7-5-3-1-2-4-6-8(20)18-10-9(15(25)26)11(21)13(23)14(24)12(10)22/h9-14,21-24H,1-7H2,(H,18,20)(H,25,26)/t9-,10+,11+,12-,13-,14-/m0/s1. The molecule has 26 heavy (non-hydrogen) atoms. The van der Waals surface area contributed by atoms with Crippen LogP contribution < -0.4 is 5.32 Å². The first-order chi connectivity index (χ1) is 12.3. The summed E-state index contributed by atoms with van der Waals surface area (Å²) >= 11 is 0. The van der Waals surface area contributed by atoms with E-state index in [0.29, 0.717) is 13.0 Å². The fraction of sp³-hybridized carbons (Fsp3) is 0.867. The molecule has 1 rings (SSSR count). The SMILES string of the molecule is [N-]=[N+]=NCCCCCCCC(=O)N[C@H]1[C@H](O)[C@H](O)[C@@H](O)[C@H](O)[C@H]1C(=O)O. The summed E-state index contributed by atoms with van der Waals surface area (Å²) in [7, 11) is 0. The number of hydrogen-bond donors (Lipinski definition) is 6. The average molecular weight is 374 g/mol. The lowest BCUT2D eigenvalue weighted by Crippen LogP contribution is -2.67. The molecule has 0 unspecified atom stereocenters. The van der Waals surface area contributed by atoms with Crippen molar-refractivity contribution in [2.75, 3.05) is 6.54 Å². The minimum atomic E-state index is -1.82. The van der Waals surface area contributed by atoms with E-state index in [-0.39, 0.29) is 6.42 Å². The fourth-order valence-corrected chi connectivity index (χ4v) is 3.03. The van der Waals surface area contributed by atoms with Gasteiger partial charge in [0.2, 0.25) is 5.91 Å². The highest BCUT2D eigenvalue weighted by Gasteiger charge is 2.52. The average Bonchev–Trinajstić information content (AvgIpc) is 2.59. The van der Waals surface area contributed by atoms with Crippen molar-refractivity contribution in [2.45, 2.75) is 69.0 Å². The van der Waals surface area contributed by atoms with Gasteiger partial charge in [0.25, 0.3) is 0 Å². The van der Waals surface area contributed by atoms with Crippen molar-refractivity contribution in [3.8, 4) is 0 Å². The number of carboxylic acids is 1. The maximum absolute atomic E-state index is 12.0. The van der Waals surface area contributed by atoms with Crippen LogP contribution in [0.2, 0.25) is 0 Å².